The highest BCUT2D eigenvalue weighted by Crippen LogP contribution is 2.42. The SMILES string of the molecule is COc1ccc(CCN2COc3ccc4c(c3C2)O/C(=C\c2ccccc2)C4=O)cc1OC. The summed E-state index contributed by atoms with van der Waals surface area (Å²) in [6, 6.07) is 19.3. The summed E-state index contributed by atoms with van der Waals surface area (Å²) in [4.78, 5) is 15.1. The number of hydrogen-bond donors (Lipinski definition) is 0. The molecular formula is C27H25NO5. The summed E-state index contributed by atoms with van der Waals surface area (Å²) in [5.74, 6) is 3.05. The monoisotopic (exact) mass is 443 g/mol. The van der Waals surface area contributed by atoms with Crippen LogP contribution in [-0.2, 0) is 13.0 Å². The number of benzene rings is 3. The van der Waals surface area contributed by atoms with Crippen LogP contribution in [-0.4, -0.2) is 38.2 Å². The number of ether oxygens (including phenoxy) is 4. The van der Waals surface area contributed by atoms with Crippen LogP contribution < -0.4 is 18.9 Å². The van der Waals surface area contributed by atoms with Crippen molar-refractivity contribution in [2.45, 2.75) is 13.0 Å². The van der Waals surface area contributed by atoms with Gasteiger partial charge in [-0.25, -0.2) is 0 Å². The first-order chi connectivity index (χ1) is 16.2. The largest absolute Gasteiger partial charge is 0.493 e. The van der Waals surface area contributed by atoms with E-state index in [1.807, 2.05) is 54.6 Å². The van der Waals surface area contributed by atoms with Crippen LogP contribution in [0.2, 0.25) is 0 Å². The summed E-state index contributed by atoms with van der Waals surface area (Å²) in [6.45, 7) is 1.93. The van der Waals surface area contributed by atoms with Gasteiger partial charge in [-0.15, -0.1) is 0 Å². The zero-order valence-corrected chi connectivity index (χ0v) is 18.7. The van der Waals surface area contributed by atoms with Crippen molar-refractivity contribution < 1.29 is 23.7 Å². The molecule has 0 aromatic heterocycles. The van der Waals surface area contributed by atoms with E-state index in [4.69, 9.17) is 18.9 Å². The van der Waals surface area contributed by atoms with E-state index in [2.05, 4.69) is 4.90 Å². The number of hydrogen-bond acceptors (Lipinski definition) is 6. The molecule has 0 spiro atoms. The Hall–Kier alpha value is -3.77. The lowest BCUT2D eigenvalue weighted by Gasteiger charge is -2.29. The quantitative estimate of drug-likeness (QED) is 0.514. The van der Waals surface area contributed by atoms with Crippen LogP contribution in [0.3, 0.4) is 0 Å². The number of allylic oxidation sites excluding steroid dienone is 1. The molecule has 168 valence electrons. The van der Waals surface area contributed by atoms with Gasteiger partial charge in [-0.3, -0.25) is 9.69 Å². The molecule has 0 unspecified atom stereocenters. The number of ketones is 1. The normalized spacial score (nSPS) is 16.1. The molecule has 3 aromatic rings. The van der Waals surface area contributed by atoms with Crippen LogP contribution in [0.15, 0.2) is 66.4 Å². The molecule has 0 aliphatic carbocycles. The highest BCUT2D eigenvalue weighted by Gasteiger charge is 2.33. The van der Waals surface area contributed by atoms with E-state index in [9.17, 15) is 4.79 Å². The minimum absolute atomic E-state index is 0.0981. The van der Waals surface area contributed by atoms with Crippen molar-refractivity contribution in [3.63, 3.8) is 0 Å². The fraction of sp³-hybridized carbons (Fsp3) is 0.222. The van der Waals surface area contributed by atoms with Crippen molar-refractivity contribution >= 4 is 11.9 Å². The molecule has 6 nitrogen and oxygen atoms in total. The number of rotatable bonds is 6. The van der Waals surface area contributed by atoms with Gasteiger partial charge in [0.05, 0.1) is 25.3 Å². The number of carbonyl (C=O) groups excluding carboxylic acids is 1. The van der Waals surface area contributed by atoms with E-state index < -0.39 is 0 Å². The molecular weight excluding hydrogens is 418 g/mol. The Morgan fingerprint density at radius 3 is 2.61 bits per heavy atom. The second-order valence-electron chi connectivity index (χ2n) is 8.03. The zero-order chi connectivity index (χ0) is 22.8. The second kappa shape index (κ2) is 9.00. The predicted molar refractivity (Wildman–Crippen MR) is 125 cm³/mol. The molecule has 3 aromatic carbocycles. The lowest BCUT2D eigenvalue weighted by Crippen LogP contribution is -2.33. The van der Waals surface area contributed by atoms with Gasteiger partial charge >= 0.3 is 0 Å². The summed E-state index contributed by atoms with van der Waals surface area (Å²) < 4.78 is 22.8. The molecule has 0 radical (unpaired) electrons. The van der Waals surface area contributed by atoms with E-state index in [-0.39, 0.29) is 5.78 Å². The van der Waals surface area contributed by atoms with E-state index in [1.165, 1.54) is 0 Å². The van der Waals surface area contributed by atoms with Crippen molar-refractivity contribution in [1.29, 1.82) is 0 Å². The second-order valence-corrected chi connectivity index (χ2v) is 8.03. The molecule has 0 saturated carbocycles. The predicted octanol–water partition coefficient (Wildman–Crippen LogP) is 4.71. The van der Waals surface area contributed by atoms with Crippen molar-refractivity contribution in [3.05, 3.63) is 88.7 Å². The maximum Gasteiger partial charge on any atom is 0.231 e. The van der Waals surface area contributed by atoms with Crippen molar-refractivity contribution in [3.8, 4) is 23.0 Å². The summed E-state index contributed by atoms with van der Waals surface area (Å²) in [6.07, 6.45) is 2.61. The molecule has 5 rings (SSSR count). The van der Waals surface area contributed by atoms with Gasteiger partial charge in [-0.05, 0) is 47.9 Å². The number of nitrogens with zero attached hydrogens (tertiary/aromatic N) is 1. The molecule has 2 heterocycles. The molecule has 0 fully saturated rings. The van der Waals surface area contributed by atoms with Crippen molar-refractivity contribution in [2.24, 2.45) is 0 Å². The Labute approximate surface area is 193 Å². The summed E-state index contributed by atoms with van der Waals surface area (Å²) in [5, 5.41) is 0. The fourth-order valence-electron chi connectivity index (χ4n) is 4.17. The number of Topliss-reactive ketones (excluding diaryl/α,β-unsaturated/α-hetero) is 1. The maximum absolute atomic E-state index is 12.9. The first-order valence-electron chi connectivity index (χ1n) is 10.9. The van der Waals surface area contributed by atoms with Gasteiger partial charge in [0.2, 0.25) is 5.78 Å². The minimum atomic E-state index is -0.0981. The first kappa shape index (κ1) is 21.1. The van der Waals surface area contributed by atoms with Crippen LogP contribution in [0, 0.1) is 0 Å². The van der Waals surface area contributed by atoms with Gasteiger partial charge in [-0.1, -0.05) is 36.4 Å². The summed E-state index contributed by atoms with van der Waals surface area (Å²) in [7, 11) is 3.27. The molecule has 6 heteroatoms. The van der Waals surface area contributed by atoms with Crippen LogP contribution in [0.5, 0.6) is 23.0 Å². The van der Waals surface area contributed by atoms with E-state index in [0.29, 0.717) is 36.1 Å². The van der Waals surface area contributed by atoms with Gasteiger partial charge in [-0.2, -0.15) is 0 Å². The molecule has 33 heavy (non-hydrogen) atoms. The minimum Gasteiger partial charge on any atom is -0.493 e. The van der Waals surface area contributed by atoms with E-state index >= 15 is 0 Å². The van der Waals surface area contributed by atoms with Crippen molar-refractivity contribution in [1.82, 2.24) is 4.90 Å². The number of fused-ring (bicyclic) bond motifs is 3. The Bertz CT molecular complexity index is 1220. The van der Waals surface area contributed by atoms with Crippen molar-refractivity contribution in [2.75, 3.05) is 27.5 Å². The molecule has 0 bridgehead atoms. The third-order valence-electron chi connectivity index (χ3n) is 5.94. The van der Waals surface area contributed by atoms with Crippen LogP contribution in [0.25, 0.3) is 6.08 Å². The number of carbonyl (C=O) groups is 1. The van der Waals surface area contributed by atoms with Gasteiger partial charge in [0, 0.05) is 13.1 Å². The van der Waals surface area contributed by atoms with E-state index in [0.717, 1.165) is 41.2 Å². The summed E-state index contributed by atoms with van der Waals surface area (Å²) >= 11 is 0. The Morgan fingerprint density at radius 1 is 1.00 bits per heavy atom. The average Bonchev–Trinajstić information content (AvgIpc) is 3.18. The van der Waals surface area contributed by atoms with Crippen LogP contribution in [0.4, 0.5) is 0 Å². The maximum atomic E-state index is 12.9. The first-order valence-corrected chi connectivity index (χ1v) is 10.9. The lowest BCUT2D eigenvalue weighted by molar-refractivity contribution is 0.0949. The molecule has 2 aliphatic rings. The lowest BCUT2D eigenvalue weighted by atomic mass is 10.0. The highest BCUT2D eigenvalue weighted by atomic mass is 16.5. The zero-order valence-electron chi connectivity index (χ0n) is 18.7. The van der Waals surface area contributed by atoms with Gasteiger partial charge in [0.25, 0.3) is 0 Å². The van der Waals surface area contributed by atoms with Gasteiger partial charge < -0.3 is 18.9 Å². The average molecular weight is 443 g/mol. The smallest absolute Gasteiger partial charge is 0.231 e. The van der Waals surface area contributed by atoms with E-state index in [1.54, 1.807) is 26.4 Å². The third-order valence-corrected chi connectivity index (χ3v) is 5.94. The molecule has 0 amide bonds. The molecule has 2 aliphatic heterocycles. The van der Waals surface area contributed by atoms with Gasteiger partial charge in [0.1, 0.15) is 18.2 Å². The van der Waals surface area contributed by atoms with Gasteiger partial charge in [0.15, 0.2) is 17.3 Å². The van der Waals surface area contributed by atoms with Crippen LogP contribution >= 0.6 is 0 Å². The summed E-state index contributed by atoms with van der Waals surface area (Å²) in [5.41, 5.74) is 3.57. The Balaban J connectivity index is 1.33. The fourth-order valence-corrected chi connectivity index (χ4v) is 4.17. The topological polar surface area (TPSA) is 57.2 Å². The highest BCUT2D eigenvalue weighted by molar-refractivity contribution is 6.15. The molecule has 0 N–H and O–H groups in total. The number of methoxy groups -OCH3 is 2. The Kier molecular flexibility index (Phi) is 5.75. The third kappa shape index (κ3) is 4.17. The van der Waals surface area contributed by atoms with Crippen LogP contribution in [0.1, 0.15) is 27.0 Å². The molecule has 0 atom stereocenters. The molecule has 0 saturated heterocycles. The standard InChI is InChI=1S/C27H25NO5/c1-30-23-10-8-19(14-24(23)31-2)12-13-28-16-21-22(32-17-28)11-9-20-26(29)25(33-27(20)21)15-18-6-4-3-5-7-18/h3-11,14-15H,12-13,16-17H2,1-2H3/b25-15-. The Morgan fingerprint density at radius 2 is 1.82 bits per heavy atom.